The molecule has 0 bridgehead atoms. The zero-order valence-corrected chi connectivity index (χ0v) is 14.3. The number of carbonyl (C=O) groups is 2. The van der Waals surface area contributed by atoms with Crippen molar-refractivity contribution in [1.29, 1.82) is 0 Å². The van der Waals surface area contributed by atoms with Crippen molar-refractivity contribution >= 4 is 17.5 Å². The van der Waals surface area contributed by atoms with Crippen LogP contribution in [0.1, 0.15) is 33.1 Å². The summed E-state index contributed by atoms with van der Waals surface area (Å²) in [5.74, 6) is 0.408. The minimum atomic E-state index is -0.585. The van der Waals surface area contributed by atoms with E-state index in [1.54, 1.807) is 11.8 Å². The molecule has 130 valence electrons. The van der Waals surface area contributed by atoms with Crippen molar-refractivity contribution in [1.82, 2.24) is 4.90 Å². The molecule has 1 aromatic rings. The number of hydrogen-bond donors (Lipinski definition) is 1. The Labute approximate surface area is 142 Å². The average molecular weight is 331 g/mol. The summed E-state index contributed by atoms with van der Waals surface area (Å²) in [6, 6.07) is 7.32. The van der Waals surface area contributed by atoms with E-state index in [1.165, 1.54) is 0 Å². The van der Waals surface area contributed by atoms with Gasteiger partial charge in [0.1, 0.15) is 12.3 Å². The van der Waals surface area contributed by atoms with Gasteiger partial charge in [0.25, 0.3) is 5.91 Å². The van der Waals surface area contributed by atoms with Gasteiger partial charge in [-0.1, -0.05) is 12.1 Å². The molecule has 24 heavy (non-hydrogen) atoms. The third-order valence-electron chi connectivity index (χ3n) is 4.84. The number of para-hydroxylation sites is 2. The summed E-state index contributed by atoms with van der Waals surface area (Å²) in [5.41, 5.74) is 6.72. The van der Waals surface area contributed by atoms with Crippen LogP contribution in [-0.2, 0) is 9.59 Å². The molecule has 3 rings (SSSR count). The summed E-state index contributed by atoms with van der Waals surface area (Å²) >= 11 is 0. The molecular formula is C18H25N3O3. The second kappa shape index (κ2) is 6.81. The molecule has 0 radical (unpaired) electrons. The Hall–Kier alpha value is -2.08. The molecule has 2 heterocycles. The molecule has 6 heteroatoms. The molecule has 3 unspecified atom stereocenters. The summed E-state index contributed by atoms with van der Waals surface area (Å²) in [4.78, 5) is 28.8. The number of hydrogen-bond acceptors (Lipinski definition) is 4. The van der Waals surface area contributed by atoms with Crippen LogP contribution in [0, 0.1) is 0 Å². The van der Waals surface area contributed by atoms with Crippen molar-refractivity contribution in [3.05, 3.63) is 24.3 Å². The summed E-state index contributed by atoms with van der Waals surface area (Å²) in [6.45, 7) is 4.39. The third-order valence-corrected chi connectivity index (χ3v) is 4.84. The molecule has 3 atom stereocenters. The summed E-state index contributed by atoms with van der Waals surface area (Å²) in [6.07, 6.45) is 2.41. The third kappa shape index (κ3) is 3.11. The lowest BCUT2D eigenvalue weighted by Gasteiger charge is -2.40. The lowest BCUT2D eigenvalue weighted by atomic mass is 9.97. The maximum atomic E-state index is 12.9. The highest BCUT2D eigenvalue weighted by Crippen LogP contribution is 2.33. The maximum absolute atomic E-state index is 12.9. The number of nitrogens with two attached hydrogens (primary N) is 1. The average Bonchev–Trinajstić information content (AvgIpc) is 2.58. The number of rotatable bonds is 3. The fraction of sp³-hybridized carbons (Fsp3) is 0.556. The predicted octanol–water partition coefficient (Wildman–Crippen LogP) is 1.53. The molecule has 1 aromatic carbocycles. The minimum absolute atomic E-state index is 0.0345. The van der Waals surface area contributed by atoms with Crippen LogP contribution in [0.3, 0.4) is 0 Å². The quantitative estimate of drug-likeness (QED) is 0.911. The van der Waals surface area contributed by atoms with E-state index < -0.39 is 6.10 Å². The van der Waals surface area contributed by atoms with Gasteiger partial charge in [0, 0.05) is 18.6 Å². The molecule has 0 aliphatic carbocycles. The Morgan fingerprint density at radius 1 is 1.38 bits per heavy atom. The molecule has 2 aliphatic heterocycles. The molecule has 0 spiro atoms. The van der Waals surface area contributed by atoms with Crippen molar-refractivity contribution < 1.29 is 14.3 Å². The van der Waals surface area contributed by atoms with Gasteiger partial charge in [-0.3, -0.25) is 14.5 Å². The van der Waals surface area contributed by atoms with E-state index in [1.807, 2.05) is 36.1 Å². The first-order valence-electron chi connectivity index (χ1n) is 8.61. The SMILES string of the molecule is CC1Oc2ccccc2N(CC(=O)N2CCCCC2C(C)N)C1=O. The highest BCUT2D eigenvalue weighted by atomic mass is 16.5. The molecule has 0 aromatic heterocycles. The van der Waals surface area contributed by atoms with Crippen molar-refractivity contribution in [2.45, 2.75) is 51.3 Å². The van der Waals surface area contributed by atoms with Gasteiger partial charge in [-0.25, -0.2) is 0 Å². The number of nitrogens with zero attached hydrogens (tertiary/aromatic N) is 2. The maximum Gasteiger partial charge on any atom is 0.268 e. The number of piperidine rings is 1. The fourth-order valence-corrected chi connectivity index (χ4v) is 3.56. The highest BCUT2D eigenvalue weighted by molar-refractivity contribution is 6.03. The van der Waals surface area contributed by atoms with Gasteiger partial charge in [-0.15, -0.1) is 0 Å². The van der Waals surface area contributed by atoms with Crippen LogP contribution in [0.2, 0.25) is 0 Å². The number of likely N-dealkylation sites (tertiary alicyclic amines) is 1. The van der Waals surface area contributed by atoms with E-state index in [-0.39, 0.29) is 30.4 Å². The molecule has 2 N–H and O–H groups in total. The minimum Gasteiger partial charge on any atom is -0.479 e. The number of carbonyl (C=O) groups excluding carboxylic acids is 2. The van der Waals surface area contributed by atoms with Crippen molar-refractivity contribution in [3.63, 3.8) is 0 Å². The summed E-state index contributed by atoms with van der Waals surface area (Å²) < 4.78 is 5.62. The number of amides is 2. The van der Waals surface area contributed by atoms with Crippen molar-refractivity contribution in [2.75, 3.05) is 18.0 Å². The van der Waals surface area contributed by atoms with Gasteiger partial charge in [0.2, 0.25) is 5.91 Å². The molecule has 1 fully saturated rings. The first kappa shape index (κ1) is 16.8. The van der Waals surface area contributed by atoms with Gasteiger partial charge in [-0.2, -0.15) is 0 Å². The van der Waals surface area contributed by atoms with Crippen LogP contribution in [0.25, 0.3) is 0 Å². The van der Waals surface area contributed by atoms with E-state index in [0.29, 0.717) is 18.0 Å². The molecular weight excluding hydrogens is 306 g/mol. The predicted molar refractivity (Wildman–Crippen MR) is 91.9 cm³/mol. The second-order valence-corrected chi connectivity index (χ2v) is 6.66. The zero-order valence-electron chi connectivity index (χ0n) is 14.3. The first-order chi connectivity index (χ1) is 11.5. The van der Waals surface area contributed by atoms with Gasteiger partial charge in [0.15, 0.2) is 6.10 Å². The number of anilines is 1. The van der Waals surface area contributed by atoms with Crippen LogP contribution in [0.5, 0.6) is 5.75 Å². The Kier molecular flexibility index (Phi) is 4.76. The lowest BCUT2D eigenvalue weighted by Crippen LogP contribution is -2.56. The van der Waals surface area contributed by atoms with Gasteiger partial charge in [0.05, 0.1) is 5.69 Å². The lowest BCUT2D eigenvalue weighted by molar-refractivity contribution is -0.136. The largest absolute Gasteiger partial charge is 0.479 e. The number of benzene rings is 1. The number of fused-ring (bicyclic) bond motifs is 1. The second-order valence-electron chi connectivity index (χ2n) is 6.66. The Morgan fingerprint density at radius 2 is 2.12 bits per heavy atom. The van der Waals surface area contributed by atoms with Crippen LogP contribution in [0.15, 0.2) is 24.3 Å². The van der Waals surface area contributed by atoms with Crippen molar-refractivity contribution in [3.8, 4) is 5.75 Å². The molecule has 1 saturated heterocycles. The standard InChI is InChI=1S/C18H25N3O3/c1-12(19)14-7-5-6-10-20(14)17(22)11-21-15-8-3-4-9-16(15)24-13(2)18(21)23/h3-4,8-9,12-14H,5-7,10-11,19H2,1-2H3. The van der Waals surface area contributed by atoms with Crippen LogP contribution in [0.4, 0.5) is 5.69 Å². The monoisotopic (exact) mass is 331 g/mol. The fourth-order valence-electron chi connectivity index (χ4n) is 3.56. The molecule has 2 aliphatic rings. The topological polar surface area (TPSA) is 75.9 Å². The van der Waals surface area contributed by atoms with Crippen LogP contribution >= 0.6 is 0 Å². The Balaban J connectivity index is 1.81. The van der Waals surface area contributed by atoms with Crippen LogP contribution in [-0.4, -0.2) is 48.0 Å². The molecule has 6 nitrogen and oxygen atoms in total. The number of ether oxygens (including phenoxy) is 1. The smallest absolute Gasteiger partial charge is 0.268 e. The summed E-state index contributed by atoms with van der Waals surface area (Å²) in [5, 5.41) is 0. The molecule has 2 amide bonds. The van der Waals surface area contributed by atoms with E-state index in [4.69, 9.17) is 10.5 Å². The van der Waals surface area contributed by atoms with Gasteiger partial charge >= 0.3 is 0 Å². The van der Waals surface area contributed by atoms with Gasteiger partial charge in [-0.05, 0) is 45.2 Å². The summed E-state index contributed by atoms with van der Waals surface area (Å²) in [7, 11) is 0. The first-order valence-corrected chi connectivity index (χ1v) is 8.61. The van der Waals surface area contributed by atoms with Crippen LogP contribution < -0.4 is 15.4 Å². The normalized spacial score (nSPS) is 25.0. The molecule has 0 saturated carbocycles. The van der Waals surface area contributed by atoms with E-state index in [2.05, 4.69) is 0 Å². The highest BCUT2D eigenvalue weighted by Gasteiger charge is 2.35. The Bertz CT molecular complexity index is 632. The van der Waals surface area contributed by atoms with E-state index in [0.717, 1.165) is 19.3 Å². The van der Waals surface area contributed by atoms with Crippen molar-refractivity contribution in [2.24, 2.45) is 5.73 Å². The Morgan fingerprint density at radius 3 is 2.88 bits per heavy atom. The van der Waals surface area contributed by atoms with E-state index >= 15 is 0 Å². The van der Waals surface area contributed by atoms with E-state index in [9.17, 15) is 9.59 Å². The van der Waals surface area contributed by atoms with Gasteiger partial charge < -0.3 is 15.4 Å². The zero-order chi connectivity index (χ0) is 17.3.